The fourth-order valence-corrected chi connectivity index (χ4v) is 4.13. The minimum Gasteiger partial charge on any atom is -0.508 e. The van der Waals surface area contributed by atoms with Crippen LogP contribution >= 0.6 is 0 Å². The molecule has 4 rings (SSSR count). The molecular formula is C27H34N6O4. The van der Waals surface area contributed by atoms with Crippen LogP contribution in [0.5, 0.6) is 11.5 Å². The third-order valence-electron chi connectivity index (χ3n) is 6.41. The maximum Gasteiger partial charge on any atom is 0.306 e. The molecule has 0 amide bonds. The second-order valence-electron chi connectivity index (χ2n) is 9.19. The lowest BCUT2D eigenvalue weighted by atomic mass is 9.97. The molecule has 0 spiro atoms. The Hall–Kier alpha value is -4.08. The van der Waals surface area contributed by atoms with E-state index >= 15 is 0 Å². The highest BCUT2D eigenvalue weighted by Gasteiger charge is 2.19. The maximum absolute atomic E-state index is 11.3. The molecule has 2 aromatic carbocycles. The first kappa shape index (κ1) is 26.0. The van der Waals surface area contributed by atoms with Gasteiger partial charge in [-0.25, -0.2) is 0 Å². The number of benzene rings is 2. The second-order valence-corrected chi connectivity index (χ2v) is 9.19. The number of anilines is 4. The Labute approximate surface area is 217 Å². The standard InChI is InChI=1S/C27H34N6O4/c1-3-20(24(35)36)18-19-6-12-23(13-7-19)37-17-16-32(2)26-29-25(28-21-8-10-22(34)11-9-21)30-27(31-26)33-14-4-5-15-33/h6-13,20,34H,3-5,14-18H2,1-2H3,(H,35,36)(H,28,29,30,31). The number of aromatic nitrogens is 3. The van der Waals surface area contributed by atoms with Crippen molar-refractivity contribution >= 4 is 29.5 Å². The molecule has 0 radical (unpaired) electrons. The van der Waals surface area contributed by atoms with Gasteiger partial charge in [0.25, 0.3) is 0 Å². The SMILES string of the molecule is CCC(Cc1ccc(OCCN(C)c2nc(Nc3ccc(O)cc3)nc(N3CCCC3)n2)cc1)C(=O)O. The number of phenols is 1. The van der Waals surface area contributed by atoms with E-state index < -0.39 is 5.97 Å². The number of aliphatic carboxylic acids is 1. The minimum atomic E-state index is -0.765. The number of aromatic hydroxyl groups is 1. The second kappa shape index (κ2) is 12.2. The average molecular weight is 507 g/mol. The van der Waals surface area contributed by atoms with Crippen LogP contribution in [0.2, 0.25) is 0 Å². The van der Waals surface area contributed by atoms with E-state index in [4.69, 9.17) is 9.72 Å². The third-order valence-corrected chi connectivity index (χ3v) is 6.41. The molecule has 1 saturated heterocycles. The van der Waals surface area contributed by atoms with Crippen molar-refractivity contribution in [2.24, 2.45) is 5.92 Å². The van der Waals surface area contributed by atoms with Crippen molar-refractivity contribution in [1.82, 2.24) is 15.0 Å². The predicted octanol–water partition coefficient (Wildman–Crippen LogP) is 4.09. The van der Waals surface area contributed by atoms with Gasteiger partial charge in [0.2, 0.25) is 17.8 Å². The summed E-state index contributed by atoms with van der Waals surface area (Å²) in [5.41, 5.74) is 1.75. The van der Waals surface area contributed by atoms with Gasteiger partial charge >= 0.3 is 5.97 Å². The quantitative estimate of drug-likeness (QED) is 0.309. The summed E-state index contributed by atoms with van der Waals surface area (Å²) in [6.45, 7) is 4.70. The van der Waals surface area contributed by atoms with E-state index in [1.807, 2.05) is 43.1 Å². The molecule has 1 atom stereocenters. The number of carboxylic acid groups (broad SMARTS) is 1. The summed E-state index contributed by atoms with van der Waals surface area (Å²) in [4.78, 5) is 29.3. The van der Waals surface area contributed by atoms with Crippen LogP contribution < -0.4 is 19.9 Å². The van der Waals surface area contributed by atoms with E-state index in [2.05, 4.69) is 20.2 Å². The summed E-state index contributed by atoms with van der Waals surface area (Å²) in [5, 5.41) is 22.0. The van der Waals surface area contributed by atoms with Crippen molar-refractivity contribution in [2.75, 3.05) is 48.4 Å². The van der Waals surface area contributed by atoms with Crippen molar-refractivity contribution in [3.05, 3.63) is 54.1 Å². The van der Waals surface area contributed by atoms with Crippen molar-refractivity contribution in [1.29, 1.82) is 0 Å². The Bertz CT molecular complexity index is 1170. The van der Waals surface area contributed by atoms with Crippen LogP contribution in [0.1, 0.15) is 31.7 Å². The van der Waals surface area contributed by atoms with Gasteiger partial charge in [-0.15, -0.1) is 0 Å². The lowest BCUT2D eigenvalue weighted by molar-refractivity contribution is -0.141. The molecule has 0 saturated carbocycles. The molecular weight excluding hydrogens is 472 g/mol. The van der Waals surface area contributed by atoms with Crippen molar-refractivity contribution < 1.29 is 19.7 Å². The van der Waals surface area contributed by atoms with Crippen LogP contribution in [-0.4, -0.2) is 64.4 Å². The smallest absolute Gasteiger partial charge is 0.306 e. The topological polar surface area (TPSA) is 124 Å². The fraction of sp³-hybridized carbons (Fsp3) is 0.407. The summed E-state index contributed by atoms with van der Waals surface area (Å²) in [6.07, 6.45) is 3.33. The fourth-order valence-electron chi connectivity index (χ4n) is 4.13. The number of ether oxygens (including phenoxy) is 1. The zero-order valence-corrected chi connectivity index (χ0v) is 21.3. The van der Waals surface area contributed by atoms with Gasteiger partial charge in [0.1, 0.15) is 18.1 Å². The molecule has 3 N–H and O–H groups in total. The summed E-state index contributed by atoms with van der Waals surface area (Å²) in [6, 6.07) is 14.3. The number of nitrogens with one attached hydrogen (secondary N) is 1. The number of carbonyl (C=O) groups is 1. The van der Waals surface area contributed by atoms with Gasteiger partial charge in [-0.1, -0.05) is 19.1 Å². The number of phenolic OH excluding ortho intramolecular Hbond substituents is 1. The molecule has 0 aliphatic carbocycles. The van der Waals surface area contributed by atoms with Gasteiger partial charge in [0.05, 0.1) is 12.5 Å². The first-order valence-corrected chi connectivity index (χ1v) is 12.6. The van der Waals surface area contributed by atoms with Crippen molar-refractivity contribution in [3.63, 3.8) is 0 Å². The summed E-state index contributed by atoms with van der Waals surface area (Å²) < 4.78 is 5.92. The Kier molecular flexibility index (Phi) is 8.60. The molecule has 1 aliphatic rings. The normalized spacial score (nSPS) is 13.8. The van der Waals surface area contributed by atoms with E-state index in [0.29, 0.717) is 43.8 Å². The zero-order chi connectivity index (χ0) is 26.2. The molecule has 10 heteroatoms. The number of nitrogens with zero attached hydrogens (tertiary/aromatic N) is 5. The molecule has 1 unspecified atom stereocenters. The predicted molar refractivity (Wildman–Crippen MR) is 143 cm³/mol. The third kappa shape index (κ3) is 7.22. The van der Waals surface area contributed by atoms with E-state index in [0.717, 1.165) is 42.9 Å². The Morgan fingerprint density at radius 3 is 2.43 bits per heavy atom. The van der Waals surface area contributed by atoms with Gasteiger partial charge in [-0.3, -0.25) is 4.79 Å². The van der Waals surface area contributed by atoms with Crippen LogP contribution in [-0.2, 0) is 11.2 Å². The number of likely N-dealkylation sites (N-methyl/N-ethyl adjacent to an activating group) is 1. The van der Waals surface area contributed by atoms with Gasteiger partial charge in [0.15, 0.2) is 0 Å². The average Bonchev–Trinajstić information content (AvgIpc) is 3.44. The maximum atomic E-state index is 11.3. The van der Waals surface area contributed by atoms with E-state index in [-0.39, 0.29) is 11.7 Å². The number of rotatable bonds is 12. The number of hydrogen-bond acceptors (Lipinski definition) is 9. The highest BCUT2D eigenvalue weighted by molar-refractivity contribution is 5.70. The largest absolute Gasteiger partial charge is 0.508 e. The molecule has 1 aromatic heterocycles. The number of carboxylic acids is 1. The molecule has 37 heavy (non-hydrogen) atoms. The van der Waals surface area contributed by atoms with Crippen LogP contribution in [0.3, 0.4) is 0 Å². The Morgan fingerprint density at radius 2 is 1.78 bits per heavy atom. The van der Waals surface area contributed by atoms with Crippen molar-refractivity contribution in [2.45, 2.75) is 32.6 Å². The molecule has 2 heterocycles. The highest BCUT2D eigenvalue weighted by atomic mass is 16.5. The molecule has 196 valence electrons. The monoisotopic (exact) mass is 506 g/mol. The van der Waals surface area contributed by atoms with Crippen LogP contribution in [0, 0.1) is 5.92 Å². The molecule has 3 aromatic rings. The molecule has 1 aliphatic heterocycles. The van der Waals surface area contributed by atoms with E-state index in [9.17, 15) is 15.0 Å². The number of hydrogen-bond donors (Lipinski definition) is 3. The summed E-state index contributed by atoms with van der Waals surface area (Å²) in [5.74, 6) is 1.39. The lowest BCUT2D eigenvalue weighted by Gasteiger charge is -2.21. The van der Waals surface area contributed by atoms with Crippen LogP contribution in [0.15, 0.2) is 48.5 Å². The van der Waals surface area contributed by atoms with Crippen LogP contribution in [0.4, 0.5) is 23.5 Å². The molecule has 10 nitrogen and oxygen atoms in total. The van der Waals surface area contributed by atoms with Gasteiger partial charge < -0.3 is 30.1 Å². The summed E-state index contributed by atoms with van der Waals surface area (Å²) >= 11 is 0. The van der Waals surface area contributed by atoms with E-state index in [1.54, 1.807) is 24.3 Å². The van der Waals surface area contributed by atoms with Gasteiger partial charge in [-0.05, 0) is 67.6 Å². The minimum absolute atomic E-state index is 0.194. The van der Waals surface area contributed by atoms with Gasteiger partial charge in [0, 0.05) is 25.8 Å². The summed E-state index contributed by atoms with van der Waals surface area (Å²) in [7, 11) is 1.91. The molecule has 0 bridgehead atoms. The highest BCUT2D eigenvalue weighted by Crippen LogP contribution is 2.23. The Morgan fingerprint density at radius 1 is 1.08 bits per heavy atom. The lowest BCUT2D eigenvalue weighted by Crippen LogP contribution is -2.28. The first-order valence-electron chi connectivity index (χ1n) is 12.6. The Balaban J connectivity index is 1.39. The van der Waals surface area contributed by atoms with E-state index in [1.165, 1.54) is 0 Å². The van der Waals surface area contributed by atoms with Gasteiger partial charge in [-0.2, -0.15) is 15.0 Å². The van der Waals surface area contributed by atoms with Crippen LogP contribution in [0.25, 0.3) is 0 Å². The first-order chi connectivity index (χ1) is 17.9. The zero-order valence-electron chi connectivity index (χ0n) is 21.3. The van der Waals surface area contributed by atoms with Crippen molar-refractivity contribution in [3.8, 4) is 11.5 Å². The molecule has 1 fully saturated rings.